The van der Waals surface area contributed by atoms with Crippen LogP contribution in [0.4, 0.5) is 0 Å². The van der Waals surface area contributed by atoms with E-state index in [2.05, 4.69) is 12.2 Å². The fourth-order valence-corrected chi connectivity index (χ4v) is 2.57. The van der Waals surface area contributed by atoms with Crippen molar-refractivity contribution in [3.8, 4) is 0 Å². The van der Waals surface area contributed by atoms with Gasteiger partial charge in [-0.15, -0.1) is 0 Å². The van der Waals surface area contributed by atoms with Crippen molar-refractivity contribution in [2.45, 2.75) is 58.4 Å². The molecule has 2 N–H and O–H groups in total. The quantitative estimate of drug-likeness (QED) is 0.749. The Bertz CT molecular complexity index is 272. The van der Waals surface area contributed by atoms with Crippen LogP contribution in [0.5, 0.6) is 0 Å². The zero-order valence-corrected chi connectivity index (χ0v) is 10.7. The maximum atomic E-state index is 11.7. The molecule has 4 heteroatoms. The molecule has 4 nitrogen and oxygen atoms in total. The highest BCUT2D eigenvalue weighted by Crippen LogP contribution is 2.27. The van der Waals surface area contributed by atoms with E-state index in [0.29, 0.717) is 12.3 Å². The second kappa shape index (κ2) is 6.62. The number of hydrogen-bond donors (Lipinski definition) is 2. The van der Waals surface area contributed by atoms with E-state index in [9.17, 15) is 9.59 Å². The van der Waals surface area contributed by atoms with Crippen LogP contribution >= 0.6 is 0 Å². The Hall–Kier alpha value is -1.06. The van der Waals surface area contributed by atoms with Crippen molar-refractivity contribution in [1.82, 2.24) is 5.32 Å². The minimum Gasteiger partial charge on any atom is -0.481 e. The summed E-state index contributed by atoms with van der Waals surface area (Å²) in [4.78, 5) is 22.2. The first-order chi connectivity index (χ1) is 7.99. The lowest BCUT2D eigenvalue weighted by molar-refractivity contribution is -0.138. The molecular weight excluding hydrogens is 218 g/mol. The summed E-state index contributed by atoms with van der Waals surface area (Å²) in [6.07, 6.45) is 5.30. The van der Waals surface area contributed by atoms with Crippen LogP contribution in [0.15, 0.2) is 0 Å². The van der Waals surface area contributed by atoms with Crippen LogP contribution in [0.25, 0.3) is 0 Å². The first-order valence-corrected chi connectivity index (χ1v) is 6.50. The molecule has 1 aliphatic carbocycles. The van der Waals surface area contributed by atoms with Gasteiger partial charge >= 0.3 is 5.97 Å². The summed E-state index contributed by atoms with van der Waals surface area (Å²) in [5, 5.41) is 11.6. The number of carbonyl (C=O) groups excluding carboxylic acids is 1. The van der Waals surface area contributed by atoms with Gasteiger partial charge in [-0.25, -0.2) is 0 Å². The van der Waals surface area contributed by atoms with Gasteiger partial charge < -0.3 is 10.4 Å². The summed E-state index contributed by atoms with van der Waals surface area (Å²) >= 11 is 0. The lowest BCUT2D eigenvalue weighted by atomic mass is 9.98. The van der Waals surface area contributed by atoms with E-state index in [4.69, 9.17) is 5.11 Å². The van der Waals surface area contributed by atoms with E-state index in [1.165, 1.54) is 25.7 Å². The monoisotopic (exact) mass is 241 g/mol. The molecule has 0 aromatic rings. The number of carboxylic acid groups (broad SMARTS) is 1. The number of rotatable bonds is 6. The Balaban J connectivity index is 2.25. The minimum absolute atomic E-state index is 0.0156. The molecule has 0 aromatic carbocycles. The van der Waals surface area contributed by atoms with E-state index in [-0.39, 0.29) is 24.3 Å². The van der Waals surface area contributed by atoms with Gasteiger partial charge in [0.15, 0.2) is 0 Å². The van der Waals surface area contributed by atoms with E-state index < -0.39 is 5.97 Å². The maximum absolute atomic E-state index is 11.7. The third-order valence-corrected chi connectivity index (χ3v) is 3.55. The molecular formula is C13H23NO3. The number of amides is 1. The number of carbonyl (C=O) groups is 2. The third-order valence-electron chi connectivity index (χ3n) is 3.55. The van der Waals surface area contributed by atoms with Gasteiger partial charge in [0.2, 0.25) is 5.91 Å². The van der Waals surface area contributed by atoms with Gasteiger partial charge in [0.25, 0.3) is 0 Å². The highest BCUT2D eigenvalue weighted by Gasteiger charge is 2.23. The summed E-state index contributed by atoms with van der Waals surface area (Å²) in [6, 6.07) is 0.224. The predicted molar refractivity (Wildman–Crippen MR) is 65.6 cm³/mol. The fraction of sp³-hybridized carbons (Fsp3) is 0.846. The molecule has 1 rings (SSSR count). The molecule has 1 fully saturated rings. The summed E-state index contributed by atoms with van der Waals surface area (Å²) in [5.41, 5.74) is 0. The highest BCUT2D eigenvalue weighted by atomic mass is 16.4. The van der Waals surface area contributed by atoms with Crippen LogP contribution in [0.3, 0.4) is 0 Å². The topological polar surface area (TPSA) is 66.4 Å². The average Bonchev–Trinajstić information content (AvgIpc) is 2.67. The van der Waals surface area contributed by atoms with Gasteiger partial charge in [0.05, 0.1) is 0 Å². The second-order valence-corrected chi connectivity index (χ2v) is 5.31. The Morgan fingerprint density at radius 2 is 1.82 bits per heavy atom. The van der Waals surface area contributed by atoms with Gasteiger partial charge in [-0.2, -0.15) is 0 Å². The molecule has 2 atom stereocenters. The van der Waals surface area contributed by atoms with Crippen LogP contribution in [-0.4, -0.2) is 23.0 Å². The summed E-state index contributed by atoms with van der Waals surface area (Å²) in [7, 11) is 0. The van der Waals surface area contributed by atoms with Crippen molar-refractivity contribution in [1.29, 1.82) is 0 Å². The number of carboxylic acids is 1. The lowest BCUT2D eigenvalue weighted by Crippen LogP contribution is -2.37. The van der Waals surface area contributed by atoms with Crippen LogP contribution in [0, 0.1) is 11.8 Å². The van der Waals surface area contributed by atoms with Crippen molar-refractivity contribution >= 4 is 11.9 Å². The number of hydrogen-bond acceptors (Lipinski definition) is 2. The SMILES string of the molecule is CC(CC(=O)O)CC(=O)N[C@@H](C)C1CCCC1. The van der Waals surface area contributed by atoms with Crippen molar-refractivity contribution < 1.29 is 14.7 Å². The van der Waals surface area contributed by atoms with Gasteiger partial charge in [-0.1, -0.05) is 19.8 Å². The fourth-order valence-electron chi connectivity index (χ4n) is 2.57. The molecule has 0 spiro atoms. The van der Waals surface area contributed by atoms with E-state index >= 15 is 0 Å². The molecule has 1 saturated carbocycles. The van der Waals surface area contributed by atoms with Crippen molar-refractivity contribution in [3.05, 3.63) is 0 Å². The first kappa shape index (κ1) is 14.0. The molecule has 17 heavy (non-hydrogen) atoms. The largest absolute Gasteiger partial charge is 0.481 e. The van der Waals surface area contributed by atoms with E-state index in [0.717, 1.165) is 0 Å². The van der Waals surface area contributed by atoms with Crippen LogP contribution in [0.2, 0.25) is 0 Å². The Morgan fingerprint density at radius 1 is 1.24 bits per heavy atom. The zero-order chi connectivity index (χ0) is 12.8. The first-order valence-electron chi connectivity index (χ1n) is 6.50. The highest BCUT2D eigenvalue weighted by molar-refractivity contribution is 5.77. The number of aliphatic carboxylic acids is 1. The summed E-state index contributed by atoms with van der Waals surface area (Å²) < 4.78 is 0. The Morgan fingerprint density at radius 3 is 2.35 bits per heavy atom. The zero-order valence-electron chi connectivity index (χ0n) is 10.7. The number of nitrogens with one attached hydrogen (secondary N) is 1. The molecule has 1 amide bonds. The molecule has 0 saturated heterocycles. The molecule has 0 aliphatic heterocycles. The minimum atomic E-state index is -0.839. The molecule has 98 valence electrons. The third kappa shape index (κ3) is 5.20. The standard InChI is InChI=1S/C13H23NO3/c1-9(8-13(16)17)7-12(15)14-10(2)11-5-3-4-6-11/h9-11H,3-8H2,1-2H3,(H,14,15)(H,16,17)/t9?,10-/m0/s1. The molecule has 0 bridgehead atoms. The molecule has 0 radical (unpaired) electrons. The molecule has 0 aromatic heterocycles. The van der Waals surface area contributed by atoms with Crippen molar-refractivity contribution in [3.63, 3.8) is 0 Å². The molecule has 1 aliphatic rings. The molecule has 1 unspecified atom stereocenters. The summed E-state index contributed by atoms with van der Waals surface area (Å²) in [6.45, 7) is 3.85. The van der Waals surface area contributed by atoms with E-state index in [1.54, 1.807) is 6.92 Å². The maximum Gasteiger partial charge on any atom is 0.303 e. The van der Waals surface area contributed by atoms with Crippen LogP contribution in [-0.2, 0) is 9.59 Å². The van der Waals surface area contributed by atoms with Crippen molar-refractivity contribution in [2.24, 2.45) is 11.8 Å². The van der Waals surface area contributed by atoms with E-state index in [1.807, 2.05) is 0 Å². The van der Waals surface area contributed by atoms with Crippen LogP contribution in [0.1, 0.15) is 52.4 Å². The lowest BCUT2D eigenvalue weighted by Gasteiger charge is -2.21. The van der Waals surface area contributed by atoms with Gasteiger partial charge in [-0.05, 0) is 31.6 Å². The molecule has 0 heterocycles. The van der Waals surface area contributed by atoms with Gasteiger partial charge in [-0.3, -0.25) is 9.59 Å². The second-order valence-electron chi connectivity index (χ2n) is 5.31. The average molecular weight is 241 g/mol. The van der Waals surface area contributed by atoms with Gasteiger partial charge in [0.1, 0.15) is 0 Å². The Kier molecular flexibility index (Phi) is 5.45. The van der Waals surface area contributed by atoms with Crippen molar-refractivity contribution in [2.75, 3.05) is 0 Å². The normalized spacial score (nSPS) is 19.9. The van der Waals surface area contributed by atoms with Gasteiger partial charge in [0, 0.05) is 18.9 Å². The predicted octanol–water partition coefficient (Wildman–Crippen LogP) is 2.18. The van der Waals surface area contributed by atoms with Crippen LogP contribution < -0.4 is 5.32 Å². The smallest absolute Gasteiger partial charge is 0.303 e. The Labute approximate surface area is 103 Å². The summed E-state index contributed by atoms with van der Waals surface area (Å²) in [5.74, 6) is -0.343.